The zero-order valence-corrected chi connectivity index (χ0v) is 20.9. The van der Waals surface area contributed by atoms with E-state index >= 15 is 0 Å². The molecule has 1 amide bonds. The zero-order chi connectivity index (χ0) is 26.3. The molecule has 2 aromatic carbocycles. The number of nitrogens with one attached hydrogen (secondary N) is 2. The number of halogens is 2. The van der Waals surface area contributed by atoms with Gasteiger partial charge in [-0.1, -0.05) is 24.3 Å². The molecule has 0 saturated heterocycles. The van der Waals surface area contributed by atoms with Gasteiger partial charge in [0.05, 0.1) is 16.9 Å². The summed E-state index contributed by atoms with van der Waals surface area (Å²) in [4.78, 5) is 17.8. The molecule has 11 heteroatoms. The van der Waals surface area contributed by atoms with Crippen molar-refractivity contribution in [2.24, 2.45) is 0 Å². The number of amides is 1. The van der Waals surface area contributed by atoms with E-state index < -0.39 is 27.6 Å². The number of anilines is 2. The highest BCUT2D eigenvalue weighted by atomic mass is 32.2. The van der Waals surface area contributed by atoms with Crippen molar-refractivity contribution in [2.75, 3.05) is 15.8 Å². The van der Waals surface area contributed by atoms with Crippen LogP contribution in [0.3, 0.4) is 0 Å². The molecule has 0 saturated carbocycles. The molecule has 36 heavy (non-hydrogen) atoms. The maximum absolute atomic E-state index is 13.4. The Kier molecular flexibility index (Phi) is 6.38. The van der Waals surface area contributed by atoms with Gasteiger partial charge in [0.1, 0.15) is 5.82 Å². The first kappa shape index (κ1) is 25.4. The molecule has 1 aliphatic rings. The van der Waals surface area contributed by atoms with Crippen molar-refractivity contribution in [3.05, 3.63) is 65.7 Å². The Morgan fingerprint density at radius 1 is 1.06 bits per heavy atom. The van der Waals surface area contributed by atoms with Crippen LogP contribution in [0.15, 0.2) is 54.6 Å². The maximum atomic E-state index is 13.4. The largest absolute Gasteiger partial charge is 0.586 e. The lowest BCUT2D eigenvalue weighted by atomic mass is 9.83. The fourth-order valence-electron chi connectivity index (χ4n) is 3.61. The maximum Gasteiger partial charge on any atom is 0.586 e. The molecule has 0 spiro atoms. The number of sulfonamides is 1. The fraction of sp³-hybridized carbons (Fsp3) is 0.280. The number of benzene rings is 2. The molecule has 1 aliphatic heterocycles. The molecule has 0 unspecified atom stereocenters. The molecule has 190 valence electrons. The van der Waals surface area contributed by atoms with Crippen molar-refractivity contribution in [2.45, 2.75) is 39.4 Å². The van der Waals surface area contributed by atoms with Gasteiger partial charge in [-0.3, -0.25) is 9.52 Å². The number of rotatable bonds is 7. The van der Waals surface area contributed by atoms with Crippen LogP contribution in [0.4, 0.5) is 20.3 Å². The van der Waals surface area contributed by atoms with E-state index in [2.05, 4.69) is 24.5 Å². The summed E-state index contributed by atoms with van der Waals surface area (Å²) in [5.74, 6) is -0.446. The average molecular weight is 518 g/mol. The summed E-state index contributed by atoms with van der Waals surface area (Å²) in [5, 5.41) is 2.78. The molecule has 0 bridgehead atoms. The van der Waals surface area contributed by atoms with Crippen LogP contribution in [0.5, 0.6) is 11.5 Å². The number of hydrogen-bond donors (Lipinski definition) is 2. The SMILES string of the molecule is CCS(=O)(=O)Nc1cccc(-c2nc(NC(=O)C(C)(C)c3ccc4c(c3)OC(F)(F)O4)ccc2C)c1. The second-order valence-electron chi connectivity index (χ2n) is 8.86. The predicted molar refractivity (Wildman–Crippen MR) is 132 cm³/mol. The van der Waals surface area contributed by atoms with Crippen LogP contribution in [-0.4, -0.2) is 31.4 Å². The number of fused-ring (bicyclic) bond motifs is 1. The van der Waals surface area contributed by atoms with Crippen molar-refractivity contribution in [3.8, 4) is 22.8 Å². The van der Waals surface area contributed by atoms with Crippen LogP contribution in [-0.2, 0) is 20.2 Å². The van der Waals surface area contributed by atoms with Gasteiger partial charge < -0.3 is 14.8 Å². The van der Waals surface area contributed by atoms with Crippen molar-refractivity contribution in [1.29, 1.82) is 0 Å². The first-order valence-electron chi connectivity index (χ1n) is 11.1. The Labute approximate surface area is 207 Å². The van der Waals surface area contributed by atoms with Crippen LogP contribution >= 0.6 is 0 Å². The van der Waals surface area contributed by atoms with Crippen LogP contribution < -0.4 is 19.5 Å². The molecule has 1 aromatic heterocycles. The Hall–Kier alpha value is -3.73. The quantitative estimate of drug-likeness (QED) is 0.454. The van der Waals surface area contributed by atoms with Crippen LogP contribution in [0.2, 0.25) is 0 Å². The third kappa shape index (κ3) is 5.25. The smallest absolute Gasteiger partial charge is 0.395 e. The van der Waals surface area contributed by atoms with Crippen molar-refractivity contribution < 1.29 is 31.5 Å². The fourth-order valence-corrected chi connectivity index (χ4v) is 4.24. The summed E-state index contributed by atoms with van der Waals surface area (Å²) in [5.41, 5.74) is 1.77. The number of carbonyl (C=O) groups excluding carboxylic acids is 1. The number of nitrogens with zero attached hydrogens (tertiary/aromatic N) is 1. The Morgan fingerprint density at radius 3 is 2.50 bits per heavy atom. The number of aryl methyl sites for hydroxylation is 1. The summed E-state index contributed by atoms with van der Waals surface area (Å²) < 4.78 is 62.1. The number of ether oxygens (including phenoxy) is 2. The molecule has 8 nitrogen and oxygen atoms in total. The minimum absolute atomic E-state index is 0.0579. The highest BCUT2D eigenvalue weighted by Crippen LogP contribution is 2.43. The third-order valence-electron chi connectivity index (χ3n) is 5.82. The van der Waals surface area contributed by atoms with Gasteiger partial charge in [-0.2, -0.15) is 0 Å². The standard InChI is InChI=1S/C25H25F2N3O5S/c1-5-36(32,33)30-18-8-6-7-16(13-18)22-15(2)9-12-21(28-22)29-23(31)24(3,4)17-10-11-19-20(14-17)35-25(26,27)34-19/h6-14,30H,5H2,1-4H3,(H,28,29,31). The van der Waals surface area contributed by atoms with E-state index in [-0.39, 0.29) is 23.1 Å². The van der Waals surface area contributed by atoms with Gasteiger partial charge in [-0.25, -0.2) is 13.4 Å². The lowest BCUT2D eigenvalue weighted by Crippen LogP contribution is -2.35. The predicted octanol–water partition coefficient (Wildman–Crippen LogP) is 5.06. The van der Waals surface area contributed by atoms with Gasteiger partial charge >= 0.3 is 6.29 Å². The van der Waals surface area contributed by atoms with Crippen LogP contribution in [0, 0.1) is 6.92 Å². The number of carbonyl (C=O) groups is 1. The number of aromatic nitrogens is 1. The molecule has 3 aromatic rings. The van der Waals surface area contributed by atoms with Crippen molar-refractivity contribution >= 4 is 27.4 Å². The molecular weight excluding hydrogens is 492 g/mol. The molecule has 2 N–H and O–H groups in total. The minimum Gasteiger partial charge on any atom is -0.395 e. The number of pyridine rings is 1. The summed E-state index contributed by atoms with van der Waals surface area (Å²) in [7, 11) is -3.44. The van der Waals surface area contributed by atoms with E-state index in [9.17, 15) is 22.0 Å². The molecule has 0 aliphatic carbocycles. The van der Waals surface area contributed by atoms with E-state index in [0.717, 1.165) is 5.56 Å². The van der Waals surface area contributed by atoms with Crippen LogP contribution in [0.1, 0.15) is 31.9 Å². The minimum atomic E-state index is -3.75. The topological polar surface area (TPSA) is 107 Å². The molecular formula is C25H25F2N3O5S. The second kappa shape index (κ2) is 9.05. The number of hydrogen-bond acceptors (Lipinski definition) is 6. The average Bonchev–Trinajstić information content (AvgIpc) is 3.13. The normalized spacial score (nSPS) is 14.4. The van der Waals surface area contributed by atoms with E-state index in [1.165, 1.54) is 18.2 Å². The van der Waals surface area contributed by atoms with Crippen molar-refractivity contribution in [3.63, 3.8) is 0 Å². The lowest BCUT2D eigenvalue weighted by Gasteiger charge is -2.24. The Balaban J connectivity index is 1.58. The highest BCUT2D eigenvalue weighted by Gasteiger charge is 2.44. The second-order valence-corrected chi connectivity index (χ2v) is 10.9. The first-order valence-corrected chi connectivity index (χ1v) is 12.8. The van der Waals surface area contributed by atoms with E-state index in [1.807, 2.05) is 6.92 Å². The van der Waals surface area contributed by atoms with Gasteiger partial charge in [0.15, 0.2) is 11.5 Å². The molecule has 2 heterocycles. The van der Waals surface area contributed by atoms with Gasteiger partial charge in [-0.15, -0.1) is 8.78 Å². The summed E-state index contributed by atoms with van der Waals surface area (Å²) in [6.07, 6.45) is -3.75. The van der Waals surface area contributed by atoms with Gasteiger partial charge in [0.25, 0.3) is 0 Å². The van der Waals surface area contributed by atoms with Gasteiger partial charge in [0.2, 0.25) is 15.9 Å². The summed E-state index contributed by atoms with van der Waals surface area (Å²) in [6, 6.07) is 14.5. The highest BCUT2D eigenvalue weighted by molar-refractivity contribution is 7.92. The first-order chi connectivity index (χ1) is 16.8. The molecule has 0 fully saturated rings. The van der Waals surface area contributed by atoms with Gasteiger partial charge in [-0.05, 0) is 69.2 Å². The van der Waals surface area contributed by atoms with Crippen LogP contribution in [0.25, 0.3) is 11.3 Å². The summed E-state index contributed by atoms with van der Waals surface area (Å²) >= 11 is 0. The molecule has 0 radical (unpaired) electrons. The monoisotopic (exact) mass is 517 g/mol. The van der Waals surface area contributed by atoms with Gasteiger partial charge in [0, 0.05) is 11.3 Å². The van der Waals surface area contributed by atoms with E-state index in [0.29, 0.717) is 22.5 Å². The zero-order valence-electron chi connectivity index (χ0n) is 20.1. The van der Waals surface area contributed by atoms with Crippen molar-refractivity contribution in [1.82, 2.24) is 4.98 Å². The molecule has 4 rings (SSSR count). The number of alkyl halides is 2. The summed E-state index contributed by atoms with van der Waals surface area (Å²) in [6.45, 7) is 6.69. The van der Waals surface area contributed by atoms with E-state index in [4.69, 9.17) is 0 Å². The third-order valence-corrected chi connectivity index (χ3v) is 7.13. The lowest BCUT2D eigenvalue weighted by molar-refractivity contribution is -0.286. The Morgan fingerprint density at radius 2 is 1.78 bits per heavy atom. The molecule has 0 atom stereocenters. The van der Waals surface area contributed by atoms with E-state index in [1.54, 1.807) is 57.2 Å². The Bertz CT molecular complexity index is 1440.